The molecule has 0 radical (unpaired) electrons. The quantitative estimate of drug-likeness (QED) is 0.221. The number of rotatable bonds is 9. The molecule has 0 unspecified atom stereocenters. The number of nitrogens with zero attached hydrogens (tertiary/aromatic N) is 3. The fraction of sp³-hybridized carbons (Fsp3) is 0.950. The van der Waals surface area contributed by atoms with Crippen LogP contribution in [0.15, 0.2) is 4.99 Å². The maximum absolute atomic E-state index is 5.98. The maximum Gasteiger partial charge on any atom is 0.193 e. The zero-order valence-electron chi connectivity index (χ0n) is 18.2. The topological polar surface area (TPSA) is 58.6 Å². The lowest BCUT2D eigenvalue weighted by Crippen LogP contribution is -2.53. The molecular formula is C20H41IN4O3. The number of morpholine rings is 1. The van der Waals surface area contributed by atoms with Gasteiger partial charge in [-0.15, -0.1) is 24.0 Å². The Labute approximate surface area is 188 Å². The Balaban J connectivity index is 0.00000392. The van der Waals surface area contributed by atoms with Gasteiger partial charge in [-0.05, 0) is 40.0 Å². The molecule has 166 valence electrons. The zero-order valence-corrected chi connectivity index (χ0v) is 20.6. The van der Waals surface area contributed by atoms with Gasteiger partial charge in [0, 0.05) is 58.6 Å². The lowest BCUT2D eigenvalue weighted by Gasteiger charge is -2.40. The minimum Gasteiger partial charge on any atom is -0.385 e. The highest BCUT2D eigenvalue weighted by molar-refractivity contribution is 14.0. The van der Waals surface area contributed by atoms with Crippen molar-refractivity contribution in [3.8, 4) is 0 Å². The molecule has 0 aliphatic carbocycles. The van der Waals surface area contributed by atoms with E-state index in [1.165, 1.54) is 0 Å². The summed E-state index contributed by atoms with van der Waals surface area (Å²) < 4.78 is 16.6. The van der Waals surface area contributed by atoms with Crippen molar-refractivity contribution in [3.63, 3.8) is 0 Å². The minimum atomic E-state index is 0. The van der Waals surface area contributed by atoms with Gasteiger partial charge in [-0.1, -0.05) is 0 Å². The molecule has 0 aromatic rings. The second-order valence-electron chi connectivity index (χ2n) is 7.99. The van der Waals surface area contributed by atoms with Crippen molar-refractivity contribution >= 4 is 29.9 Å². The molecule has 7 nitrogen and oxygen atoms in total. The Morgan fingerprint density at radius 3 is 2.43 bits per heavy atom. The fourth-order valence-electron chi connectivity index (χ4n) is 3.65. The van der Waals surface area contributed by atoms with E-state index in [0.29, 0.717) is 6.10 Å². The van der Waals surface area contributed by atoms with Gasteiger partial charge in [0.2, 0.25) is 0 Å². The van der Waals surface area contributed by atoms with Crippen molar-refractivity contribution < 1.29 is 14.2 Å². The number of piperidine rings is 1. The number of guanidine groups is 1. The third-order valence-electron chi connectivity index (χ3n) is 5.41. The van der Waals surface area contributed by atoms with Gasteiger partial charge >= 0.3 is 0 Å². The number of nitrogens with one attached hydrogen (secondary N) is 1. The van der Waals surface area contributed by atoms with Crippen LogP contribution in [0.5, 0.6) is 0 Å². The van der Waals surface area contributed by atoms with Crippen molar-refractivity contribution in [2.24, 2.45) is 4.99 Å². The number of methoxy groups -OCH3 is 1. The second-order valence-corrected chi connectivity index (χ2v) is 7.99. The van der Waals surface area contributed by atoms with Gasteiger partial charge in [0.15, 0.2) is 5.96 Å². The molecule has 0 aromatic heterocycles. The molecule has 2 heterocycles. The van der Waals surface area contributed by atoms with E-state index < -0.39 is 0 Å². The minimum absolute atomic E-state index is 0. The smallest absolute Gasteiger partial charge is 0.193 e. The first-order valence-corrected chi connectivity index (χ1v) is 10.5. The Kier molecular flexibility index (Phi) is 12.9. The summed E-state index contributed by atoms with van der Waals surface area (Å²) in [5.41, 5.74) is 0.0488. The van der Waals surface area contributed by atoms with Crippen LogP contribution in [0, 0.1) is 0 Å². The maximum atomic E-state index is 5.98. The highest BCUT2D eigenvalue weighted by Gasteiger charge is 2.29. The first kappa shape index (κ1) is 25.9. The molecule has 0 saturated carbocycles. The first-order chi connectivity index (χ1) is 13.1. The normalized spacial score (nSPS) is 20.1. The monoisotopic (exact) mass is 512 g/mol. The summed E-state index contributed by atoms with van der Waals surface area (Å²) in [6.07, 6.45) is 3.46. The Morgan fingerprint density at radius 2 is 1.82 bits per heavy atom. The molecular weight excluding hydrogens is 471 g/mol. The van der Waals surface area contributed by atoms with Gasteiger partial charge < -0.3 is 24.4 Å². The van der Waals surface area contributed by atoms with Crippen LogP contribution in [0.2, 0.25) is 0 Å². The Bertz CT molecular complexity index is 437. The molecule has 28 heavy (non-hydrogen) atoms. The lowest BCUT2D eigenvalue weighted by molar-refractivity contribution is -0.00705. The van der Waals surface area contributed by atoms with Crippen LogP contribution >= 0.6 is 24.0 Å². The predicted molar refractivity (Wildman–Crippen MR) is 125 cm³/mol. The molecule has 8 heteroatoms. The van der Waals surface area contributed by atoms with E-state index in [1.54, 1.807) is 7.11 Å². The highest BCUT2D eigenvalue weighted by atomic mass is 127. The van der Waals surface area contributed by atoms with Crippen LogP contribution < -0.4 is 5.32 Å². The van der Waals surface area contributed by atoms with Crippen LogP contribution in [0.25, 0.3) is 0 Å². The second kappa shape index (κ2) is 14.0. The standard InChI is InChI=1S/C20H40N4O3.HI/c1-5-21-19(22-17-20(2,3)24-11-15-26-16-12-24)23-9-7-18(8-10-23)27-14-6-13-25-4;/h18H,5-17H2,1-4H3,(H,21,22);1H. The predicted octanol–water partition coefficient (Wildman–Crippen LogP) is 2.20. The number of ether oxygens (including phenoxy) is 3. The number of likely N-dealkylation sites (tertiary alicyclic amines) is 1. The third kappa shape index (κ3) is 8.69. The summed E-state index contributed by atoms with van der Waals surface area (Å²) >= 11 is 0. The number of hydrogen-bond acceptors (Lipinski definition) is 5. The van der Waals surface area contributed by atoms with Gasteiger partial charge in [-0.2, -0.15) is 0 Å². The molecule has 1 N–H and O–H groups in total. The van der Waals surface area contributed by atoms with Crippen molar-refractivity contribution in [2.75, 3.05) is 72.8 Å². The average molecular weight is 512 g/mol. The summed E-state index contributed by atoms with van der Waals surface area (Å²) in [6, 6.07) is 0. The molecule has 0 spiro atoms. The molecule has 0 bridgehead atoms. The molecule has 2 fully saturated rings. The van der Waals surface area contributed by atoms with E-state index in [-0.39, 0.29) is 29.5 Å². The van der Waals surface area contributed by atoms with Crippen LogP contribution in [0.1, 0.15) is 40.0 Å². The summed E-state index contributed by atoms with van der Waals surface area (Å²) in [4.78, 5) is 9.86. The molecule has 0 atom stereocenters. The Hall–Kier alpha value is -0.160. The van der Waals surface area contributed by atoms with E-state index in [0.717, 1.165) is 90.9 Å². The van der Waals surface area contributed by atoms with Crippen molar-refractivity contribution in [3.05, 3.63) is 0 Å². The van der Waals surface area contributed by atoms with Gasteiger partial charge in [-0.25, -0.2) is 0 Å². The van der Waals surface area contributed by atoms with Crippen molar-refractivity contribution in [1.29, 1.82) is 0 Å². The SMILES string of the molecule is CCNC(=NCC(C)(C)N1CCOCC1)N1CCC(OCCCOC)CC1.I. The lowest BCUT2D eigenvalue weighted by atomic mass is 10.0. The van der Waals surface area contributed by atoms with Crippen molar-refractivity contribution in [1.82, 2.24) is 15.1 Å². The molecule has 0 aromatic carbocycles. The van der Waals surface area contributed by atoms with Gasteiger partial charge in [0.25, 0.3) is 0 Å². The van der Waals surface area contributed by atoms with Gasteiger partial charge in [0.05, 0.1) is 25.9 Å². The summed E-state index contributed by atoms with van der Waals surface area (Å²) in [7, 11) is 1.74. The number of hydrogen-bond donors (Lipinski definition) is 1. The van der Waals surface area contributed by atoms with Crippen molar-refractivity contribution in [2.45, 2.75) is 51.7 Å². The summed E-state index contributed by atoms with van der Waals surface area (Å²) in [6.45, 7) is 15.6. The van der Waals surface area contributed by atoms with E-state index in [1.807, 2.05) is 0 Å². The van der Waals surface area contributed by atoms with E-state index in [4.69, 9.17) is 19.2 Å². The van der Waals surface area contributed by atoms with Crippen LogP contribution in [-0.2, 0) is 14.2 Å². The van der Waals surface area contributed by atoms with E-state index in [9.17, 15) is 0 Å². The number of aliphatic imine (C=N–C) groups is 1. The van der Waals surface area contributed by atoms with Gasteiger partial charge in [0.1, 0.15) is 0 Å². The zero-order chi connectivity index (χ0) is 19.5. The van der Waals surface area contributed by atoms with E-state index >= 15 is 0 Å². The van der Waals surface area contributed by atoms with Gasteiger partial charge in [-0.3, -0.25) is 9.89 Å². The number of halogens is 1. The molecule has 2 aliphatic rings. The van der Waals surface area contributed by atoms with Crippen LogP contribution in [-0.4, -0.2) is 100 Å². The largest absolute Gasteiger partial charge is 0.385 e. The molecule has 2 saturated heterocycles. The first-order valence-electron chi connectivity index (χ1n) is 10.5. The fourth-order valence-corrected chi connectivity index (χ4v) is 3.65. The van der Waals surface area contributed by atoms with Crippen LogP contribution in [0.3, 0.4) is 0 Å². The van der Waals surface area contributed by atoms with E-state index in [2.05, 4.69) is 35.9 Å². The summed E-state index contributed by atoms with van der Waals surface area (Å²) in [5.74, 6) is 1.04. The molecule has 2 rings (SSSR count). The highest BCUT2D eigenvalue weighted by Crippen LogP contribution is 2.18. The van der Waals surface area contributed by atoms with Crippen LogP contribution in [0.4, 0.5) is 0 Å². The Morgan fingerprint density at radius 1 is 1.14 bits per heavy atom. The molecule has 2 aliphatic heterocycles. The average Bonchev–Trinajstić information content (AvgIpc) is 2.70. The third-order valence-corrected chi connectivity index (χ3v) is 5.41. The summed E-state index contributed by atoms with van der Waals surface area (Å²) in [5, 5.41) is 3.48. The molecule has 0 amide bonds.